The first kappa shape index (κ1) is 27.4. The van der Waals surface area contributed by atoms with Crippen molar-refractivity contribution in [2.24, 2.45) is 11.8 Å². The molecule has 1 spiro atoms. The monoisotopic (exact) mass is 507 g/mol. The molecule has 1 N–H and O–H groups in total. The molecular formula is C27H45N3O6. The van der Waals surface area contributed by atoms with Gasteiger partial charge in [0.25, 0.3) is 0 Å². The molecule has 1 saturated carbocycles. The van der Waals surface area contributed by atoms with Gasteiger partial charge in [0, 0.05) is 33.3 Å². The maximum absolute atomic E-state index is 13.2. The van der Waals surface area contributed by atoms with Crippen LogP contribution in [0.15, 0.2) is 11.6 Å². The second kappa shape index (κ2) is 10.6. The molecule has 2 amide bonds. The van der Waals surface area contributed by atoms with Crippen LogP contribution in [0.4, 0.5) is 4.79 Å². The highest BCUT2D eigenvalue weighted by Gasteiger charge is 2.72. The van der Waals surface area contributed by atoms with Crippen LogP contribution in [-0.4, -0.2) is 104 Å². The van der Waals surface area contributed by atoms with Gasteiger partial charge in [-0.25, -0.2) is 4.79 Å². The number of hydrogen-bond acceptors (Lipinski definition) is 7. The van der Waals surface area contributed by atoms with Crippen molar-refractivity contribution in [1.82, 2.24) is 15.1 Å². The summed E-state index contributed by atoms with van der Waals surface area (Å²) in [7, 11) is 3.71. The molecule has 0 aromatic rings. The molecule has 4 rings (SSSR count). The number of hydrogen-bond donors (Lipinski definition) is 1. The molecule has 9 nitrogen and oxygen atoms in total. The summed E-state index contributed by atoms with van der Waals surface area (Å²) in [6.07, 6.45) is 3.22. The number of alkyl carbamates (subject to hydrolysis) is 1. The molecule has 7 atom stereocenters. The van der Waals surface area contributed by atoms with Crippen LogP contribution < -0.4 is 5.32 Å². The second-order valence-electron chi connectivity index (χ2n) is 11.8. The third kappa shape index (κ3) is 5.59. The number of piperazine rings is 1. The lowest BCUT2D eigenvalue weighted by Gasteiger charge is -2.42. The van der Waals surface area contributed by atoms with Gasteiger partial charge < -0.3 is 34.1 Å². The number of nitrogens with zero attached hydrogens (tertiary/aromatic N) is 2. The fourth-order valence-corrected chi connectivity index (χ4v) is 6.11. The minimum Gasteiger partial charge on any atom is -0.443 e. The Labute approximate surface area is 215 Å². The molecule has 3 saturated heterocycles. The van der Waals surface area contributed by atoms with Crippen molar-refractivity contribution >= 4 is 12.0 Å². The molecular weight excluding hydrogens is 462 g/mol. The van der Waals surface area contributed by atoms with Crippen molar-refractivity contribution in [1.29, 1.82) is 0 Å². The maximum atomic E-state index is 13.2. The van der Waals surface area contributed by atoms with E-state index >= 15 is 0 Å². The van der Waals surface area contributed by atoms with E-state index in [1.54, 1.807) is 7.11 Å². The lowest BCUT2D eigenvalue weighted by Crippen LogP contribution is -2.58. The Morgan fingerprint density at radius 2 is 1.86 bits per heavy atom. The van der Waals surface area contributed by atoms with Crippen LogP contribution in [0, 0.1) is 11.8 Å². The highest BCUT2D eigenvalue weighted by Crippen LogP contribution is 2.59. The number of ether oxygens (including phenoxy) is 4. The summed E-state index contributed by atoms with van der Waals surface area (Å²) in [5.74, 6) is -0.143. The molecule has 0 bridgehead atoms. The Balaban J connectivity index is 1.41. The van der Waals surface area contributed by atoms with Crippen molar-refractivity contribution in [2.75, 3.05) is 46.9 Å². The molecule has 204 valence electrons. The summed E-state index contributed by atoms with van der Waals surface area (Å²) in [6, 6.07) is -0.628. The van der Waals surface area contributed by atoms with Crippen LogP contribution in [0.2, 0.25) is 0 Å². The van der Waals surface area contributed by atoms with Gasteiger partial charge in [-0.3, -0.25) is 4.79 Å². The average Bonchev–Trinajstić information content (AvgIpc) is 3.74. The molecule has 4 fully saturated rings. The quantitative estimate of drug-likeness (QED) is 0.398. The first-order chi connectivity index (χ1) is 17.0. The van der Waals surface area contributed by atoms with E-state index in [2.05, 4.69) is 44.1 Å². The predicted molar refractivity (Wildman–Crippen MR) is 136 cm³/mol. The van der Waals surface area contributed by atoms with E-state index < -0.39 is 18.2 Å². The average molecular weight is 508 g/mol. The Morgan fingerprint density at radius 1 is 1.19 bits per heavy atom. The fraction of sp³-hybridized carbons (Fsp3) is 0.852. The fourth-order valence-electron chi connectivity index (χ4n) is 6.11. The SMILES string of the molecule is CO[C@@H]1[C@H](OC(=O)N[C@@H](C(=O)N2CCN(C)CC2)C(C)C)CC[C@]2(CO2)[C@H]1[C@@]1(C)OC1CC=C(C)C. The lowest BCUT2D eigenvalue weighted by atomic mass is 9.68. The van der Waals surface area contributed by atoms with Crippen LogP contribution in [0.25, 0.3) is 0 Å². The zero-order valence-electron chi connectivity index (χ0n) is 23.0. The number of carbonyl (C=O) groups excluding carboxylic acids is 2. The van der Waals surface area contributed by atoms with Crippen LogP contribution in [0.1, 0.15) is 53.9 Å². The number of epoxide rings is 2. The summed E-state index contributed by atoms with van der Waals surface area (Å²) >= 11 is 0. The number of methoxy groups -OCH3 is 1. The third-order valence-electron chi connectivity index (χ3n) is 8.52. The van der Waals surface area contributed by atoms with Crippen molar-refractivity contribution in [3.63, 3.8) is 0 Å². The van der Waals surface area contributed by atoms with Gasteiger partial charge in [-0.2, -0.15) is 0 Å². The zero-order chi connectivity index (χ0) is 26.3. The van der Waals surface area contributed by atoms with E-state index in [9.17, 15) is 9.59 Å². The number of carbonyl (C=O) groups is 2. The van der Waals surface area contributed by atoms with E-state index in [-0.39, 0.29) is 41.2 Å². The minimum absolute atomic E-state index is 0.0371. The van der Waals surface area contributed by atoms with E-state index in [4.69, 9.17) is 18.9 Å². The number of rotatable bonds is 8. The molecule has 1 unspecified atom stereocenters. The Morgan fingerprint density at radius 3 is 2.42 bits per heavy atom. The highest BCUT2D eigenvalue weighted by atomic mass is 16.6. The molecule has 1 aliphatic carbocycles. The lowest BCUT2D eigenvalue weighted by molar-refractivity contribution is -0.136. The van der Waals surface area contributed by atoms with Gasteiger partial charge >= 0.3 is 6.09 Å². The van der Waals surface area contributed by atoms with Crippen molar-refractivity contribution < 1.29 is 28.5 Å². The summed E-state index contributed by atoms with van der Waals surface area (Å²) in [4.78, 5) is 30.3. The Bertz CT molecular complexity index is 846. The smallest absolute Gasteiger partial charge is 0.408 e. The van der Waals surface area contributed by atoms with E-state index in [0.717, 1.165) is 25.9 Å². The summed E-state index contributed by atoms with van der Waals surface area (Å²) in [5, 5.41) is 2.87. The Kier molecular flexibility index (Phi) is 8.05. The van der Waals surface area contributed by atoms with Crippen molar-refractivity contribution in [3.8, 4) is 0 Å². The number of likely N-dealkylation sites (N-methyl/N-ethyl adjacent to an activating group) is 1. The Hall–Kier alpha value is -1.68. The largest absolute Gasteiger partial charge is 0.443 e. The van der Waals surface area contributed by atoms with Gasteiger partial charge in [0.2, 0.25) is 5.91 Å². The van der Waals surface area contributed by atoms with Gasteiger partial charge in [0.05, 0.1) is 18.6 Å². The number of allylic oxidation sites excluding steroid dienone is 1. The molecule has 36 heavy (non-hydrogen) atoms. The molecule has 3 aliphatic heterocycles. The molecule has 4 aliphatic rings. The van der Waals surface area contributed by atoms with E-state index in [0.29, 0.717) is 26.1 Å². The van der Waals surface area contributed by atoms with Gasteiger partial charge in [0.1, 0.15) is 29.5 Å². The molecule has 0 aromatic heterocycles. The van der Waals surface area contributed by atoms with Gasteiger partial charge in [-0.15, -0.1) is 0 Å². The minimum atomic E-state index is -0.628. The molecule has 3 heterocycles. The normalized spacial score (nSPS) is 36.9. The maximum Gasteiger partial charge on any atom is 0.408 e. The highest BCUT2D eigenvalue weighted by molar-refractivity contribution is 5.86. The summed E-state index contributed by atoms with van der Waals surface area (Å²) in [5.41, 5.74) is 0.601. The predicted octanol–water partition coefficient (Wildman–Crippen LogP) is 2.59. The number of nitrogens with one attached hydrogen (secondary N) is 1. The van der Waals surface area contributed by atoms with Gasteiger partial charge in [0.15, 0.2) is 0 Å². The first-order valence-corrected chi connectivity index (χ1v) is 13.4. The van der Waals surface area contributed by atoms with Crippen LogP contribution in [0.3, 0.4) is 0 Å². The third-order valence-corrected chi connectivity index (χ3v) is 8.52. The van der Waals surface area contributed by atoms with Gasteiger partial charge in [-0.1, -0.05) is 25.5 Å². The summed E-state index contributed by atoms with van der Waals surface area (Å²) < 4.78 is 24.2. The van der Waals surface area contributed by atoms with Gasteiger partial charge in [-0.05, 0) is 53.0 Å². The van der Waals surface area contributed by atoms with Crippen molar-refractivity contribution in [3.05, 3.63) is 11.6 Å². The van der Waals surface area contributed by atoms with E-state index in [1.807, 2.05) is 18.7 Å². The summed E-state index contributed by atoms with van der Waals surface area (Å²) in [6.45, 7) is 13.9. The van der Waals surface area contributed by atoms with Crippen LogP contribution in [-0.2, 0) is 23.7 Å². The van der Waals surface area contributed by atoms with E-state index in [1.165, 1.54) is 5.57 Å². The van der Waals surface area contributed by atoms with Crippen LogP contribution >= 0.6 is 0 Å². The molecule has 0 aromatic carbocycles. The number of amides is 2. The standard InChI is InChI=1S/C27H45N3O6/c1-17(2)8-9-20-26(5,36-20)23-22(33-7)19(10-11-27(23)16-34-27)35-25(32)28-21(18(3)4)24(31)30-14-12-29(6)13-15-30/h8,18-23H,9-16H2,1-7H3,(H,28,32)/t19-,20?,21-,22-,23-,26+,27+/m1/s1. The molecule has 9 heteroatoms. The van der Waals surface area contributed by atoms with Crippen LogP contribution in [0.5, 0.6) is 0 Å². The molecule has 0 radical (unpaired) electrons. The first-order valence-electron chi connectivity index (χ1n) is 13.4. The van der Waals surface area contributed by atoms with Crippen molar-refractivity contribution in [2.45, 2.75) is 89.4 Å². The second-order valence-corrected chi connectivity index (χ2v) is 11.8. The zero-order valence-corrected chi connectivity index (χ0v) is 23.0. The topological polar surface area (TPSA) is 96.2 Å².